The van der Waals surface area contributed by atoms with Crippen LogP contribution in [0.4, 0.5) is 0 Å². The Hall–Kier alpha value is -0.100. The van der Waals surface area contributed by atoms with Crippen LogP contribution < -0.4 is 0 Å². The van der Waals surface area contributed by atoms with Gasteiger partial charge >= 0.3 is 0 Å². The smallest absolute Gasteiger partial charge is 0.206 e. The number of aryl methyl sites for hydroxylation is 1. The van der Waals surface area contributed by atoms with Gasteiger partial charge in [0.25, 0.3) is 10.0 Å². The van der Waals surface area contributed by atoms with E-state index in [0.717, 1.165) is 17.7 Å². The molecule has 0 N–H and O–H groups in total. The predicted octanol–water partition coefficient (Wildman–Crippen LogP) is 2.70. The zero-order valence-electron chi connectivity index (χ0n) is 9.73. The summed E-state index contributed by atoms with van der Waals surface area (Å²) in [6, 6.07) is 3.55. The second-order valence-corrected chi connectivity index (χ2v) is 8.13. The molecule has 0 bridgehead atoms. The average molecular weight is 294 g/mol. The lowest BCUT2D eigenvalue weighted by molar-refractivity contribution is 0.290. The van der Waals surface area contributed by atoms with Crippen LogP contribution in [0.15, 0.2) is 16.3 Å². The summed E-state index contributed by atoms with van der Waals surface area (Å²) in [7, 11) is -3.26. The van der Waals surface area contributed by atoms with Gasteiger partial charge in [-0.25, -0.2) is 8.42 Å². The van der Waals surface area contributed by atoms with Crippen LogP contribution in [-0.4, -0.2) is 31.7 Å². The molecule has 1 aliphatic heterocycles. The Morgan fingerprint density at radius 1 is 1.41 bits per heavy atom. The first-order valence-electron chi connectivity index (χ1n) is 5.66. The van der Waals surface area contributed by atoms with Crippen molar-refractivity contribution in [1.82, 2.24) is 4.31 Å². The number of piperidine rings is 1. The third kappa shape index (κ3) is 2.84. The molecule has 0 saturated carbocycles. The van der Waals surface area contributed by atoms with Crippen molar-refractivity contribution >= 4 is 33.0 Å². The molecule has 2 rings (SSSR count). The summed E-state index contributed by atoms with van der Waals surface area (Å²) in [6.45, 7) is 3.11. The summed E-state index contributed by atoms with van der Waals surface area (Å²) in [5.74, 6) is 1.10. The Bertz CT molecular complexity index is 475. The number of hydrogen-bond acceptors (Lipinski definition) is 3. The lowest BCUT2D eigenvalue weighted by atomic mass is 10.0. The van der Waals surface area contributed by atoms with Gasteiger partial charge in [0.15, 0.2) is 0 Å². The number of thiophene rings is 1. The third-order valence-corrected chi connectivity index (χ3v) is 6.90. The van der Waals surface area contributed by atoms with E-state index >= 15 is 0 Å². The first kappa shape index (κ1) is 13.3. The van der Waals surface area contributed by atoms with Crippen LogP contribution in [0, 0.1) is 12.8 Å². The molecule has 17 heavy (non-hydrogen) atoms. The Labute approximate surface area is 111 Å². The van der Waals surface area contributed by atoms with Crippen LogP contribution in [0.5, 0.6) is 0 Å². The molecule has 3 nitrogen and oxygen atoms in total. The van der Waals surface area contributed by atoms with Crippen molar-refractivity contribution in [2.24, 2.45) is 5.92 Å². The van der Waals surface area contributed by atoms with Crippen LogP contribution in [0.2, 0.25) is 0 Å². The largest absolute Gasteiger partial charge is 0.252 e. The lowest BCUT2D eigenvalue weighted by Gasteiger charge is -2.29. The molecule has 0 amide bonds. The van der Waals surface area contributed by atoms with Crippen molar-refractivity contribution in [3.05, 3.63) is 17.0 Å². The first-order chi connectivity index (χ1) is 8.04. The molecule has 1 aromatic heterocycles. The number of rotatable bonds is 3. The molecule has 6 heteroatoms. The number of sulfonamides is 1. The molecule has 1 fully saturated rings. The Kier molecular flexibility index (Phi) is 4.13. The molecule has 0 unspecified atom stereocenters. The van der Waals surface area contributed by atoms with E-state index < -0.39 is 10.0 Å². The van der Waals surface area contributed by atoms with E-state index in [4.69, 9.17) is 11.6 Å². The average Bonchev–Trinajstić information content (AvgIpc) is 2.77. The molecule has 1 aromatic rings. The number of alkyl halides is 1. The summed E-state index contributed by atoms with van der Waals surface area (Å²) >= 11 is 7.14. The van der Waals surface area contributed by atoms with Crippen molar-refractivity contribution in [3.63, 3.8) is 0 Å². The molecule has 96 valence electrons. The maximum Gasteiger partial charge on any atom is 0.252 e. The maximum atomic E-state index is 12.3. The normalized spacial score (nSPS) is 19.6. The van der Waals surface area contributed by atoms with E-state index in [0.29, 0.717) is 29.1 Å². The fourth-order valence-corrected chi connectivity index (χ4v) is 5.20. The van der Waals surface area contributed by atoms with Gasteiger partial charge in [0.1, 0.15) is 4.21 Å². The van der Waals surface area contributed by atoms with Crippen molar-refractivity contribution in [2.75, 3.05) is 19.0 Å². The first-order valence-corrected chi connectivity index (χ1v) is 8.45. The third-order valence-electron chi connectivity index (χ3n) is 3.10. The van der Waals surface area contributed by atoms with Gasteiger partial charge in [-0.05, 0) is 37.8 Å². The highest BCUT2D eigenvalue weighted by Crippen LogP contribution is 2.28. The molecular weight excluding hydrogens is 278 g/mol. The SMILES string of the molecule is Cc1ccc(S(=O)(=O)N2CCC(CCl)CC2)s1. The lowest BCUT2D eigenvalue weighted by Crippen LogP contribution is -2.38. The molecular formula is C11H16ClNO2S2. The van der Waals surface area contributed by atoms with Gasteiger partial charge in [0.05, 0.1) is 0 Å². The highest BCUT2D eigenvalue weighted by molar-refractivity contribution is 7.91. The zero-order chi connectivity index (χ0) is 12.5. The second kappa shape index (κ2) is 5.26. The van der Waals surface area contributed by atoms with Gasteiger partial charge in [0, 0.05) is 23.8 Å². The Morgan fingerprint density at radius 2 is 2.06 bits per heavy atom. The van der Waals surface area contributed by atoms with Crippen LogP contribution >= 0.6 is 22.9 Å². The van der Waals surface area contributed by atoms with Crippen LogP contribution in [0.1, 0.15) is 17.7 Å². The summed E-state index contributed by atoms with van der Waals surface area (Å²) in [5.41, 5.74) is 0. The minimum Gasteiger partial charge on any atom is -0.206 e. The van der Waals surface area contributed by atoms with E-state index in [1.54, 1.807) is 10.4 Å². The molecule has 1 aliphatic rings. The van der Waals surface area contributed by atoms with Gasteiger partial charge in [-0.2, -0.15) is 4.31 Å². The van der Waals surface area contributed by atoms with Gasteiger partial charge in [-0.1, -0.05) is 0 Å². The van der Waals surface area contributed by atoms with E-state index in [1.165, 1.54) is 11.3 Å². The maximum absolute atomic E-state index is 12.3. The molecule has 0 atom stereocenters. The molecule has 0 aliphatic carbocycles. The predicted molar refractivity (Wildman–Crippen MR) is 71.3 cm³/mol. The highest BCUT2D eigenvalue weighted by atomic mass is 35.5. The van der Waals surface area contributed by atoms with Gasteiger partial charge < -0.3 is 0 Å². The second-order valence-electron chi connectivity index (χ2n) is 4.37. The molecule has 2 heterocycles. The number of hydrogen-bond donors (Lipinski definition) is 0. The van der Waals surface area contributed by atoms with Crippen molar-refractivity contribution in [1.29, 1.82) is 0 Å². The Balaban J connectivity index is 2.12. The van der Waals surface area contributed by atoms with Crippen molar-refractivity contribution < 1.29 is 8.42 Å². The van der Waals surface area contributed by atoms with E-state index in [2.05, 4.69) is 0 Å². The van der Waals surface area contributed by atoms with E-state index in [-0.39, 0.29) is 0 Å². The van der Waals surface area contributed by atoms with Gasteiger partial charge in [-0.3, -0.25) is 0 Å². The van der Waals surface area contributed by atoms with Crippen molar-refractivity contribution in [2.45, 2.75) is 24.0 Å². The summed E-state index contributed by atoms with van der Waals surface area (Å²) in [5, 5.41) is 0. The molecule has 0 aromatic carbocycles. The highest BCUT2D eigenvalue weighted by Gasteiger charge is 2.29. The quantitative estimate of drug-likeness (QED) is 0.804. The fourth-order valence-electron chi connectivity index (χ4n) is 1.98. The minimum absolute atomic E-state index is 0.458. The molecule has 0 radical (unpaired) electrons. The van der Waals surface area contributed by atoms with E-state index in [1.807, 2.05) is 13.0 Å². The summed E-state index contributed by atoms with van der Waals surface area (Å²) < 4.78 is 26.6. The van der Waals surface area contributed by atoms with Gasteiger partial charge in [-0.15, -0.1) is 22.9 Å². The Morgan fingerprint density at radius 3 is 2.53 bits per heavy atom. The molecule has 0 spiro atoms. The number of halogens is 1. The minimum atomic E-state index is -3.26. The van der Waals surface area contributed by atoms with Crippen LogP contribution in [0.3, 0.4) is 0 Å². The summed E-state index contributed by atoms with van der Waals surface area (Å²) in [4.78, 5) is 1.03. The topological polar surface area (TPSA) is 37.4 Å². The van der Waals surface area contributed by atoms with E-state index in [9.17, 15) is 8.42 Å². The standard InChI is InChI=1S/C11H16ClNO2S2/c1-9-2-3-11(16-9)17(14,15)13-6-4-10(8-12)5-7-13/h2-3,10H,4-8H2,1H3. The number of nitrogens with zero attached hydrogens (tertiary/aromatic N) is 1. The van der Waals surface area contributed by atoms with Crippen molar-refractivity contribution in [3.8, 4) is 0 Å². The zero-order valence-corrected chi connectivity index (χ0v) is 12.1. The van der Waals surface area contributed by atoms with Crippen LogP contribution in [0.25, 0.3) is 0 Å². The monoisotopic (exact) mass is 293 g/mol. The van der Waals surface area contributed by atoms with Crippen LogP contribution in [-0.2, 0) is 10.0 Å². The molecule has 1 saturated heterocycles. The fraction of sp³-hybridized carbons (Fsp3) is 0.636. The summed E-state index contributed by atoms with van der Waals surface area (Å²) in [6.07, 6.45) is 1.74. The van der Waals surface area contributed by atoms with Gasteiger partial charge in [0.2, 0.25) is 0 Å².